The molecule has 2 rings (SSSR count). The van der Waals surface area contributed by atoms with Crippen LogP contribution in [0.1, 0.15) is 15.9 Å². The van der Waals surface area contributed by atoms with Gasteiger partial charge < -0.3 is 16.0 Å². The van der Waals surface area contributed by atoms with Crippen molar-refractivity contribution in [3.05, 3.63) is 57.8 Å². The number of carbonyl (C=O) groups is 3. The van der Waals surface area contributed by atoms with Crippen molar-refractivity contribution in [2.45, 2.75) is 11.8 Å². The summed E-state index contributed by atoms with van der Waals surface area (Å²) in [5.41, 5.74) is 5.75. The minimum Gasteiger partial charge on any atom is -0.366 e. The van der Waals surface area contributed by atoms with E-state index < -0.39 is 22.6 Å². The van der Waals surface area contributed by atoms with E-state index in [1.54, 1.807) is 18.3 Å². The molecule has 3 N–H and O–H groups in total. The van der Waals surface area contributed by atoms with Gasteiger partial charge in [0.1, 0.15) is 5.82 Å². The molecule has 152 valence electrons. The highest BCUT2D eigenvalue weighted by atomic mass is 32.2. The Hall–Kier alpha value is -3.47. The highest BCUT2D eigenvalue weighted by Gasteiger charge is 2.20. The monoisotopic (exact) mass is 417 g/mol. The number of thioether (sulfide) groups is 1. The Morgan fingerprint density at radius 2 is 2.00 bits per heavy atom. The van der Waals surface area contributed by atoms with Crippen molar-refractivity contribution in [1.82, 2.24) is 9.88 Å². The number of anilines is 1. The third-order valence-electron chi connectivity index (χ3n) is 3.78. The number of amides is 3. The Labute approximate surface area is 170 Å². The lowest BCUT2D eigenvalue weighted by molar-refractivity contribution is -0.387. The van der Waals surface area contributed by atoms with Gasteiger partial charge in [-0.15, -0.1) is 11.8 Å². The number of aromatic nitrogens is 1. The van der Waals surface area contributed by atoms with E-state index in [0.717, 1.165) is 23.4 Å². The predicted molar refractivity (Wildman–Crippen MR) is 108 cm³/mol. The summed E-state index contributed by atoms with van der Waals surface area (Å²) in [6.45, 7) is 1.66. The average molecular weight is 417 g/mol. The average Bonchev–Trinajstić information content (AvgIpc) is 2.65. The van der Waals surface area contributed by atoms with Crippen LogP contribution in [0.2, 0.25) is 0 Å². The molecule has 10 nitrogen and oxygen atoms in total. The summed E-state index contributed by atoms with van der Waals surface area (Å²) in [7, 11) is 1.46. The number of likely N-dealkylation sites (N-methyl/N-ethyl adjacent to an activating group) is 1. The van der Waals surface area contributed by atoms with Crippen LogP contribution in [0, 0.1) is 17.0 Å². The summed E-state index contributed by atoms with van der Waals surface area (Å²) in [6.07, 6.45) is 1.56. The van der Waals surface area contributed by atoms with Crippen LogP contribution < -0.4 is 11.1 Å². The molecule has 0 aliphatic heterocycles. The third kappa shape index (κ3) is 6.28. The quantitative estimate of drug-likeness (QED) is 0.376. The number of nitro groups is 1. The fraction of sp³-hybridized carbons (Fsp3) is 0.222. The van der Waals surface area contributed by atoms with Crippen LogP contribution >= 0.6 is 11.8 Å². The van der Waals surface area contributed by atoms with Gasteiger partial charge in [-0.2, -0.15) is 0 Å². The van der Waals surface area contributed by atoms with E-state index >= 15 is 0 Å². The maximum absolute atomic E-state index is 12.3. The van der Waals surface area contributed by atoms with Crippen molar-refractivity contribution in [3.63, 3.8) is 0 Å². The second-order valence-electron chi connectivity index (χ2n) is 6.11. The summed E-state index contributed by atoms with van der Waals surface area (Å²) in [5, 5.41) is 13.8. The van der Waals surface area contributed by atoms with Crippen LogP contribution in [-0.2, 0) is 9.59 Å². The summed E-state index contributed by atoms with van der Waals surface area (Å²) >= 11 is 0.936. The first-order chi connectivity index (χ1) is 13.7. The van der Waals surface area contributed by atoms with Gasteiger partial charge in [-0.1, -0.05) is 0 Å². The molecule has 0 fully saturated rings. The van der Waals surface area contributed by atoms with E-state index in [-0.39, 0.29) is 28.4 Å². The normalized spacial score (nSPS) is 10.3. The molecule has 11 heteroatoms. The fourth-order valence-electron chi connectivity index (χ4n) is 2.28. The van der Waals surface area contributed by atoms with Crippen LogP contribution in [0.15, 0.2) is 41.4 Å². The van der Waals surface area contributed by atoms with Crippen LogP contribution in [0.3, 0.4) is 0 Å². The number of rotatable bonds is 8. The minimum atomic E-state index is -0.783. The SMILES string of the molecule is Cc1ccnc(NC(=O)CN(C)C(=O)CSc2ccc(C(N)=O)cc2[N+](=O)[O-])c1. The van der Waals surface area contributed by atoms with Gasteiger partial charge in [0, 0.05) is 24.9 Å². The lowest BCUT2D eigenvalue weighted by Gasteiger charge is -2.16. The molecule has 0 unspecified atom stereocenters. The number of primary amides is 1. The zero-order valence-electron chi connectivity index (χ0n) is 15.7. The molecule has 0 radical (unpaired) electrons. The molecule has 1 aromatic heterocycles. The largest absolute Gasteiger partial charge is 0.366 e. The maximum Gasteiger partial charge on any atom is 0.283 e. The van der Waals surface area contributed by atoms with Gasteiger partial charge >= 0.3 is 0 Å². The van der Waals surface area contributed by atoms with E-state index in [0.29, 0.717) is 5.82 Å². The van der Waals surface area contributed by atoms with Crippen molar-refractivity contribution in [3.8, 4) is 0 Å². The van der Waals surface area contributed by atoms with Gasteiger partial charge in [-0.05, 0) is 36.8 Å². The molecule has 1 aromatic carbocycles. The molecule has 0 aliphatic carbocycles. The van der Waals surface area contributed by atoms with Gasteiger partial charge in [0.25, 0.3) is 5.69 Å². The standard InChI is InChI=1S/C18H19N5O5S/c1-11-5-6-20-15(7-11)21-16(24)9-22(2)17(25)10-29-14-4-3-12(18(19)26)8-13(14)23(27)28/h3-8H,9-10H2,1-2H3,(H2,19,26)(H,20,21,24). The number of nitro benzene ring substituents is 1. The smallest absolute Gasteiger partial charge is 0.283 e. The lowest BCUT2D eigenvalue weighted by Crippen LogP contribution is -2.36. The van der Waals surface area contributed by atoms with Gasteiger partial charge in [0.2, 0.25) is 17.7 Å². The second kappa shape index (κ2) is 9.64. The number of nitrogens with two attached hydrogens (primary N) is 1. The van der Waals surface area contributed by atoms with Crippen LogP contribution in [0.4, 0.5) is 11.5 Å². The second-order valence-corrected chi connectivity index (χ2v) is 7.13. The molecule has 3 amide bonds. The highest BCUT2D eigenvalue weighted by Crippen LogP contribution is 2.30. The zero-order chi connectivity index (χ0) is 21.6. The number of benzene rings is 1. The topological polar surface area (TPSA) is 149 Å². The zero-order valence-corrected chi connectivity index (χ0v) is 16.6. The Bertz CT molecular complexity index is 965. The van der Waals surface area contributed by atoms with E-state index in [9.17, 15) is 24.5 Å². The molecule has 29 heavy (non-hydrogen) atoms. The summed E-state index contributed by atoms with van der Waals surface area (Å²) in [4.78, 5) is 51.5. The molecule has 0 atom stereocenters. The number of nitrogens with one attached hydrogen (secondary N) is 1. The molecule has 1 heterocycles. The first-order valence-corrected chi connectivity index (χ1v) is 9.33. The van der Waals surface area contributed by atoms with Gasteiger partial charge in [-0.25, -0.2) is 4.98 Å². The molecular formula is C18H19N5O5S. The summed E-state index contributed by atoms with van der Waals surface area (Å²) in [6, 6.07) is 7.28. The van der Waals surface area contributed by atoms with E-state index in [2.05, 4.69) is 10.3 Å². The summed E-state index contributed by atoms with van der Waals surface area (Å²) in [5.74, 6) is -1.33. The number of hydrogen-bond acceptors (Lipinski definition) is 7. The molecule has 0 saturated heterocycles. The van der Waals surface area contributed by atoms with Gasteiger partial charge in [0.05, 0.1) is 22.1 Å². The van der Waals surface area contributed by atoms with Crippen molar-refractivity contribution >= 4 is 41.0 Å². The van der Waals surface area contributed by atoms with Crippen LogP contribution in [0.5, 0.6) is 0 Å². The molecule has 2 aromatic rings. The molecule has 0 bridgehead atoms. The van der Waals surface area contributed by atoms with Crippen molar-refractivity contribution < 1.29 is 19.3 Å². The predicted octanol–water partition coefficient (Wildman–Crippen LogP) is 1.59. The Morgan fingerprint density at radius 1 is 1.28 bits per heavy atom. The van der Waals surface area contributed by atoms with Crippen molar-refractivity contribution in [2.24, 2.45) is 5.73 Å². The Kier molecular flexibility index (Phi) is 7.26. The molecule has 0 aliphatic rings. The first-order valence-electron chi connectivity index (χ1n) is 8.35. The molecule has 0 spiro atoms. The van der Waals surface area contributed by atoms with E-state index in [1.807, 2.05) is 6.92 Å². The van der Waals surface area contributed by atoms with E-state index in [1.165, 1.54) is 24.1 Å². The molecular weight excluding hydrogens is 398 g/mol. The number of nitrogens with zero attached hydrogens (tertiary/aromatic N) is 3. The summed E-state index contributed by atoms with van der Waals surface area (Å²) < 4.78 is 0. The van der Waals surface area contributed by atoms with Crippen molar-refractivity contribution in [2.75, 3.05) is 24.7 Å². The lowest BCUT2D eigenvalue weighted by atomic mass is 10.2. The minimum absolute atomic E-state index is 0.00549. The van der Waals surface area contributed by atoms with E-state index in [4.69, 9.17) is 5.73 Å². The number of hydrogen-bond donors (Lipinski definition) is 2. The van der Waals surface area contributed by atoms with Crippen LogP contribution in [-0.4, -0.2) is 51.9 Å². The van der Waals surface area contributed by atoms with Gasteiger partial charge in [0.15, 0.2) is 0 Å². The third-order valence-corrected chi connectivity index (χ3v) is 4.83. The molecule has 0 saturated carbocycles. The number of carbonyl (C=O) groups excluding carboxylic acids is 3. The maximum atomic E-state index is 12.3. The Balaban J connectivity index is 1.95. The highest BCUT2D eigenvalue weighted by molar-refractivity contribution is 8.00. The number of pyridine rings is 1. The van der Waals surface area contributed by atoms with Crippen LogP contribution in [0.25, 0.3) is 0 Å². The Morgan fingerprint density at radius 3 is 2.62 bits per heavy atom. The fourth-order valence-corrected chi connectivity index (χ4v) is 3.22. The van der Waals surface area contributed by atoms with Gasteiger partial charge in [-0.3, -0.25) is 24.5 Å². The van der Waals surface area contributed by atoms with Crippen molar-refractivity contribution in [1.29, 1.82) is 0 Å². The number of aryl methyl sites for hydroxylation is 1. The first kappa shape index (κ1) is 21.8.